The topological polar surface area (TPSA) is 29.3 Å². The summed E-state index contributed by atoms with van der Waals surface area (Å²) in [5.41, 5.74) is 8.58. The van der Waals surface area contributed by atoms with Gasteiger partial charge in [0, 0.05) is 24.2 Å². The molecule has 2 aromatic rings. The van der Waals surface area contributed by atoms with Gasteiger partial charge in [-0.1, -0.05) is 54.1 Å². The van der Waals surface area contributed by atoms with Gasteiger partial charge in [0.15, 0.2) is 0 Å². The fourth-order valence-corrected chi connectivity index (χ4v) is 2.37. The molecule has 0 aromatic heterocycles. The maximum atomic E-state index is 6.21. The minimum atomic E-state index is 0.0328. The van der Waals surface area contributed by atoms with E-state index in [2.05, 4.69) is 30.1 Å². The standard InChI is InChI=1S/C16H19ClN2/c1-19(11-13-6-5-9-15(17)10-13)12-16(18)14-7-3-2-4-8-14/h2-10,16H,11-12,18H2,1H3. The summed E-state index contributed by atoms with van der Waals surface area (Å²) >= 11 is 5.99. The summed E-state index contributed by atoms with van der Waals surface area (Å²) < 4.78 is 0. The Hall–Kier alpha value is -1.35. The largest absolute Gasteiger partial charge is 0.323 e. The molecule has 0 saturated carbocycles. The second kappa shape index (κ2) is 6.71. The molecule has 0 amide bonds. The van der Waals surface area contributed by atoms with Gasteiger partial charge in [-0.3, -0.25) is 0 Å². The van der Waals surface area contributed by atoms with Gasteiger partial charge in [0.05, 0.1) is 0 Å². The van der Waals surface area contributed by atoms with Crippen molar-refractivity contribution >= 4 is 11.6 Å². The van der Waals surface area contributed by atoms with Gasteiger partial charge < -0.3 is 10.6 Å². The summed E-state index contributed by atoms with van der Waals surface area (Å²) in [6.45, 7) is 1.66. The normalized spacial score (nSPS) is 12.6. The minimum absolute atomic E-state index is 0.0328. The zero-order chi connectivity index (χ0) is 13.7. The highest BCUT2D eigenvalue weighted by molar-refractivity contribution is 6.30. The number of nitrogens with two attached hydrogens (primary N) is 1. The fraction of sp³-hybridized carbons (Fsp3) is 0.250. The second-order valence-electron chi connectivity index (χ2n) is 4.84. The van der Waals surface area contributed by atoms with Crippen molar-refractivity contribution in [3.8, 4) is 0 Å². The van der Waals surface area contributed by atoms with Gasteiger partial charge in [-0.15, -0.1) is 0 Å². The van der Waals surface area contributed by atoms with Crippen molar-refractivity contribution < 1.29 is 0 Å². The van der Waals surface area contributed by atoms with Crippen LogP contribution >= 0.6 is 11.6 Å². The number of rotatable bonds is 5. The third-order valence-electron chi connectivity index (χ3n) is 3.08. The summed E-state index contributed by atoms with van der Waals surface area (Å²) in [7, 11) is 2.07. The average Bonchev–Trinajstić information content (AvgIpc) is 2.39. The first kappa shape index (κ1) is 14.1. The molecular weight excluding hydrogens is 256 g/mol. The number of halogens is 1. The lowest BCUT2D eigenvalue weighted by Crippen LogP contribution is -2.28. The highest BCUT2D eigenvalue weighted by Gasteiger charge is 2.09. The first-order valence-electron chi connectivity index (χ1n) is 6.38. The maximum Gasteiger partial charge on any atom is 0.0424 e. The molecule has 0 spiro atoms. The van der Waals surface area contributed by atoms with Crippen LogP contribution in [0.4, 0.5) is 0 Å². The first-order chi connectivity index (χ1) is 9.15. The van der Waals surface area contributed by atoms with Crippen LogP contribution in [-0.4, -0.2) is 18.5 Å². The predicted molar refractivity (Wildman–Crippen MR) is 81.2 cm³/mol. The zero-order valence-corrected chi connectivity index (χ0v) is 11.8. The Morgan fingerprint density at radius 3 is 2.53 bits per heavy atom. The Labute approximate surface area is 119 Å². The van der Waals surface area contributed by atoms with E-state index in [0.717, 1.165) is 18.1 Å². The fourth-order valence-electron chi connectivity index (χ4n) is 2.15. The van der Waals surface area contributed by atoms with Crippen LogP contribution in [0, 0.1) is 0 Å². The second-order valence-corrected chi connectivity index (χ2v) is 5.28. The Balaban J connectivity index is 1.92. The van der Waals surface area contributed by atoms with Gasteiger partial charge in [0.1, 0.15) is 0 Å². The van der Waals surface area contributed by atoms with Crippen LogP contribution in [0.5, 0.6) is 0 Å². The number of hydrogen-bond acceptors (Lipinski definition) is 2. The molecule has 2 rings (SSSR count). The Morgan fingerprint density at radius 2 is 1.84 bits per heavy atom. The minimum Gasteiger partial charge on any atom is -0.323 e. The van der Waals surface area contributed by atoms with E-state index in [0.29, 0.717) is 0 Å². The molecule has 0 radical (unpaired) electrons. The molecule has 0 heterocycles. The molecule has 1 atom stereocenters. The highest BCUT2D eigenvalue weighted by Crippen LogP contribution is 2.14. The molecule has 0 aliphatic carbocycles. The van der Waals surface area contributed by atoms with Gasteiger partial charge in [-0.2, -0.15) is 0 Å². The number of likely N-dealkylation sites (N-methyl/N-ethyl adjacent to an activating group) is 1. The monoisotopic (exact) mass is 274 g/mol. The summed E-state index contributed by atoms with van der Waals surface area (Å²) in [6.07, 6.45) is 0. The smallest absolute Gasteiger partial charge is 0.0424 e. The summed E-state index contributed by atoms with van der Waals surface area (Å²) in [5.74, 6) is 0. The lowest BCUT2D eigenvalue weighted by Gasteiger charge is -2.21. The molecule has 0 aliphatic rings. The summed E-state index contributed by atoms with van der Waals surface area (Å²) in [6, 6.07) is 18.1. The quantitative estimate of drug-likeness (QED) is 0.905. The molecule has 19 heavy (non-hydrogen) atoms. The predicted octanol–water partition coefficient (Wildman–Crippen LogP) is 3.47. The van der Waals surface area contributed by atoms with Crippen LogP contribution in [0.25, 0.3) is 0 Å². The molecule has 0 saturated heterocycles. The summed E-state index contributed by atoms with van der Waals surface area (Å²) in [5, 5.41) is 0.776. The zero-order valence-electron chi connectivity index (χ0n) is 11.1. The molecule has 3 heteroatoms. The van der Waals surface area contributed by atoms with Gasteiger partial charge in [0.2, 0.25) is 0 Å². The van der Waals surface area contributed by atoms with Crippen LogP contribution < -0.4 is 5.73 Å². The molecule has 2 N–H and O–H groups in total. The Kier molecular flexibility index (Phi) is 4.97. The van der Waals surface area contributed by atoms with E-state index in [1.807, 2.05) is 36.4 Å². The van der Waals surface area contributed by atoms with Gasteiger partial charge in [0.25, 0.3) is 0 Å². The molecule has 2 aromatic carbocycles. The number of benzene rings is 2. The van der Waals surface area contributed by atoms with Crippen molar-refractivity contribution in [2.75, 3.05) is 13.6 Å². The molecule has 100 valence electrons. The van der Waals surface area contributed by atoms with Gasteiger partial charge in [-0.05, 0) is 30.3 Å². The lowest BCUT2D eigenvalue weighted by atomic mass is 10.1. The molecule has 0 aliphatic heterocycles. The highest BCUT2D eigenvalue weighted by atomic mass is 35.5. The summed E-state index contributed by atoms with van der Waals surface area (Å²) in [4.78, 5) is 2.21. The number of nitrogens with zero attached hydrogens (tertiary/aromatic N) is 1. The van der Waals surface area contributed by atoms with Crippen molar-refractivity contribution in [2.45, 2.75) is 12.6 Å². The SMILES string of the molecule is CN(Cc1cccc(Cl)c1)CC(N)c1ccccc1. The van der Waals surface area contributed by atoms with Crippen molar-refractivity contribution in [3.05, 3.63) is 70.7 Å². The van der Waals surface area contributed by atoms with Crippen molar-refractivity contribution in [1.82, 2.24) is 4.90 Å². The Morgan fingerprint density at radius 1 is 1.11 bits per heavy atom. The van der Waals surface area contributed by atoms with Crippen molar-refractivity contribution in [3.63, 3.8) is 0 Å². The Bertz CT molecular complexity index is 513. The van der Waals surface area contributed by atoms with E-state index in [4.69, 9.17) is 17.3 Å². The van der Waals surface area contributed by atoms with E-state index >= 15 is 0 Å². The molecule has 1 unspecified atom stereocenters. The maximum absolute atomic E-state index is 6.21. The van der Waals surface area contributed by atoms with Crippen LogP contribution in [0.2, 0.25) is 5.02 Å². The van der Waals surface area contributed by atoms with Crippen molar-refractivity contribution in [1.29, 1.82) is 0 Å². The van der Waals surface area contributed by atoms with Crippen LogP contribution in [0.3, 0.4) is 0 Å². The molecule has 0 bridgehead atoms. The van der Waals surface area contributed by atoms with E-state index in [-0.39, 0.29) is 6.04 Å². The third-order valence-corrected chi connectivity index (χ3v) is 3.31. The van der Waals surface area contributed by atoms with Gasteiger partial charge in [-0.25, -0.2) is 0 Å². The third kappa shape index (κ3) is 4.35. The van der Waals surface area contributed by atoms with Crippen LogP contribution in [-0.2, 0) is 6.54 Å². The van der Waals surface area contributed by atoms with E-state index < -0.39 is 0 Å². The van der Waals surface area contributed by atoms with Crippen molar-refractivity contribution in [2.24, 2.45) is 5.73 Å². The molecule has 0 fully saturated rings. The molecule has 2 nitrogen and oxygen atoms in total. The van der Waals surface area contributed by atoms with Gasteiger partial charge >= 0.3 is 0 Å². The number of hydrogen-bond donors (Lipinski definition) is 1. The van der Waals surface area contributed by atoms with E-state index in [1.165, 1.54) is 11.1 Å². The van der Waals surface area contributed by atoms with E-state index in [9.17, 15) is 0 Å². The van der Waals surface area contributed by atoms with E-state index in [1.54, 1.807) is 0 Å². The average molecular weight is 275 g/mol. The lowest BCUT2D eigenvalue weighted by molar-refractivity contribution is 0.305. The molecular formula is C16H19ClN2. The van der Waals surface area contributed by atoms with Crippen LogP contribution in [0.15, 0.2) is 54.6 Å². The van der Waals surface area contributed by atoms with Crippen LogP contribution in [0.1, 0.15) is 17.2 Å². The first-order valence-corrected chi connectivity index (χ1v) is 6.76.